The molecule has 0 unspecified atom stereocenters. The first kappa shape index (κ1) is 43.8. The van der Waals surface area contributed by atoms with Gasteiger partial charge in [0, 0.05) is 108 Å². The van der Waals surface area contributed by atoms with Crippen LogP contribution in [0.3, 0.4) is 0 Å². The summed E-state index contributed by atoms with van der Waals surface area (Å²) in [6, 6.07) is 43.7. The molecular formula is C48H51N7O6S3. The lowest BCUT2D eigenvalue weighted by molar-refractivity contribution is 0.181. The Labute approximate surface area is 377 Å². The fraction of sp³-hybridized carbons (Fsp3) is 0.271. The first-order valence-electron chi connectivity index (χ1n) is 21.6. The van der Waals surface area contributed by atoms with Crippen molar-refractivity contribution in [3.05, 3.63) is 157 Å². The zero-order valence-corrected chi connectivity index (χ0v) is 37.9. The lowest BCUT2D eigenvalue weighted by atomic mass is 10.00. The Morgan fingerprint density at radius 1 is 0.422 bits per heavy atom. The predicted molar refractivity (Wildman–Crippen MR) is 250 cm³/mol. The number of sulfonamides is 3. The van der Waals surface area contributed by atoms with Crippen molar-refractivity contribution in [2.45, 2.75) is 21.2 Å². The van der Waals surface area contributed by atoms with Crippen molar-refractivity contribution in [2.24, 2.45) is 0 Å². The summed E-state index contributed by atoms with van der Waals surface area (Å²) in [6.07, 6.45) is 1.72. The number of piperazine rings is 3. The molecule has 3 aliphatic heterocycles. The SMILES string of the molecule is O=S(=O)(c1cccc(-c2ccc(-c3ccccc3S(=O)(=O)N3CCN(c4ccccn4)CC3)cc2S(=O)(=O)N2CCN(c3ccccc3)CC2)c1)N1CCN(Cc2ccccc2)CC1. The number of aromatic nitrogens is 1. The van der Waals surface area contributed by atoms with Gasteiger partial charge in [-0.25, -0.2) is 30.2 Å². The Hall–Kier alpha value is -5.46. The summed E-state index contributed by atoms with van der Waals surface area (Å²) < 4.78 is 91.8. The Morgan fingerprint density at radius 2 is 0.969 bits per heavy atom. The molecule has 0 N–H and O–H groups in total. The number of nitrogens with zero attached hydrogens (tertiary/aromatic N) is 7. The fourth-order valence-corrected chi connectivity index (χ4v) is 13.6. The van der Waals surface area contributed by atoms with E-state index < -0.39 is 30.1 Å². The third-order valence-electron chi connectivity index (χ3n) is 12.4. The number of para-hydroxylation sites is 1. The minimum absolute atomic E-state index is 0.0292. The normalized spacial score (nSPS) is 17.7. The van der Waals surface area contributed by atoms with Gasteiger partial charge in [0.1, 0.15) is 5.82 Å². The molecule has 0 saturated carbocycles. The minimum Gasteiger partial charge on any atom is -0.369 e. The maximum absolute atomic E-state index is 15.0. The molecule has 64 heavy (non-hydrogen) atoms. The Balaban J connectivity index is 1.03. The molecule has 0 spiro atoms. The van der Waals surface area contributed by atoms with E-state index >= 15 is 8.42 Å². The maximum atomic E-state index is 15.0. The lowest BCUT2D eigenvalue weighted by Gasteiger charge is -2.36. The van der Waals surface area contributed by atoms with Crippen LogP contribution >= 0.6 is 0 Å². The lowest BCUT2D eigenvalue weighted by Crippen LogP contribution is -2.49. The topological polar surface area (TPSA) is 135 Å². The van der Waals surface area contributed by atoms with Crippen molar-refractivity contribution in [3.63, 3.8) is 0 Å². The second kappa shape index (κ2) is 18.6. The molecule has 1 aromatic heterocycles. The molecule has 3 aliphatic rings. The number of rotatable bonds is 12. The number of hydrogen-bond donors (Lipinski definition) is 0. The minimum atomic E-state index is -4.21. The standard InChI is InChI=1S/C48H51N7O6S3/c56-62(57,53-30-24-50(25-31-53)38-39-12-3-1-4-13-39)43-17-11-14-40(36-43)45-22-21-41(37-47(45)64(60,61)55-32-26-51(27-33-55)42-15-5-2-6-16-42)44-18-7-8-19-46(44)63(58,59)54-34-28-52(29-35-54)48-20-9-10-23-49-48/h1-23,36-37H,24-35,38H2. The monoisotopic (exact) mass is 917 g/mol. The van der Waals surface area contributed by atoms with Crippen molar-refractivity contribution in [3.8, 4) is 22.3 Å². The van der Waals surface area contributed by atoms with Gasteiger partial charge < -0.3 is 9.80 Å². The molecular weight excluding hydrogens is 867 g/mol. The highest BCUT2D eigenvalue weighted by Gasteiger charge is 2.35. The van der Waals surface area contributed by atoms with Crippen molar-refractivity contribution in [1.82, 2.24) is 22.8 Å². The second-order valence-corrected chi connectivity index (χ2v) is 22.0. The van der Waals surface area contributed by atoms with Crippen LogP contribution in [-0.4, -0.2) is 127 Å². The summed E-state index contributed by atoms with van der Waals surface area (Å²) in [6.45, 7) is 5.36. The average Bonchev–Trinajstić information content (AvgIpc) is 3.35. The van der Waals surface area contributed by atoms with Crippen LogP contribution < -0.4 is 9.80 Å². The van der Waals surface area contributed by atoms with Crippen LogP contribution in [-0.2, 0) is 36.6 Å². The van der Waals surface area contributed by atoms with E-state index in [2.05, 4.69) is 31.8 Å². The largest absolute Gasteiger partial charge is 0.369 e. The average molecular weight is 918 g/mol. The zero-order chi connectivity index (χ0) is 44.3. The van der Waals surface area contributed by atoms with Gasteiger partial charge in [-0.2, -0.15) is 12.9 Å². The van der Waals surface area contributed by atoms with Gasteiger partial charge in [0.25, 0.3) is 0 Å². The molecule has 0 bridgehead atoms. The van der Waals surface area contributed by atoms with E-state index in [0.29, 0.717) is 74.6 Å². The zero-order valence-electron chi connectivity index (χ0n) is 35.4. The second-order valence-electron chi connectivity index (χ2n) is 16.2. The summed E-state index contributed by atoms with van der Waals surface area (Å²) in [7, 11) is -12.2. The highest BCUT2D eigenvalue weighted by atomic mass is 32.2. The fourth-order valence-electron chi connectivity index (χ4n) is 8.82. The van der Waals surface area contributed by atoms with Crippen LogP contribution in [0.5, 0.6) is 0 Å². The van der Waals surface area contributed by atoms with Gasteiger partial charge in [-0.1, -0.05) is 97.1 Å². The van der Waals surface area contributed by atoms with Crippen LogP contribution in [0.15, 0.2) is 166 Å². The molecule has 0 atom stereocenters. The third-order valence-corrected chi connectivity index (χ3v) is 18.1. The number of pyridine rings is 1. The molecule has 0 aliphatic carbocycles. The Morgan fingerprint density at radius 3 is 1.64 bits per heavy atom. The van der Waals surface area contributed by atoms with E-state index in [4.69, 9.17) is 0 Å². The molecule has 5 aromatic carbocycles. The van der Waals surface area contributed by atoms with Crippen molar-refractivity contribution >= 4 is 41.6 Å². The molecule has 4 heterocycles. The molecule has 6 aromatic rings. The van der Waals surface area contributed by atoms with Crippen LogP contribution in [0.25, 0.3) is 22.3 Å². The maximum Gasteiger partial charge on any atom is 0.243 e. The summed E-state index contributed by atoms with van der Waals surface area (Å²) in [4.78, 5) is 11.0. The van der Waals surface area contributed by atoms with Crippen LogP contribution in [0, 0.1) is 0 Å². The van der Waals surface area contributed by atoms with Crippen LogP contribution in [0.4, 0.5) is 11.5 Å². The Bertz CT molecular complexity index is 2900. The van der Waals surface area contributed by atoms with E-state index in [1.807, 2.05) is 66.7 Å². The highest BCUT2D eigenvalue weighted by Crippen LogP contribution is 2.38. The molecule has 13 nitrogen and oxygen atoms in total. The summed E-state index contributed by atoms with van der Waals surface area (Å²) in [5.41, 5.74) is 3.70. The summed E-state index contributed by atoms with van der Waals surface area (Å²) in [5, 5.41) is 0. The molecule has 332 valence electrons. The highest BCUT2D eigenvalue weighted by molar-refractivity contribution is 7.89. The molecule has 3 saturated heterocycles. The summed E-state index contributed by atoms with van der Waals surface area (Å²) in [5.74, 6) is 0.788. The van der Waals surface area contributed by atoms with Gasteiger partial charge in [-0.15, -0.1) is 0 Å². The van der Waals surface area contributed by atoms with E-state index in [1.165, 1.54) is 18.5 Å². The molecule has 0 amide bonds. The molecule has 0 radical (unpaired) electrons. The first-order chi connectivity index (χ1) is 31.0. The number of benzene rings is 5. The van der Waals surface area contributed by atoms with Crippen LogP contribution in [0.2, 0.25) is 0 Å². The van der Waals surface area contributed by atoms with Gasteiger partial charge in [0.15, 0.2) is 0 Å². The van der Waals surface area contributed by atoms with E-state index in [0.717, 1.165) is 18.1 Å². The van der Waals surface area contributed by atoms with E-state index in [1.54, 1.807) is 72.9 Å². The van der Waals surface area contributed by atoms with Gasteiger partial charge >= 0.3 is 0 Å². The first-order valence-corrected chi connectivity index (χ1v) is 25.9. The smallest absolute Gasteiger partial charge is 0.243 e. The van der Waals surface area contributed by atoms with Crippen LogP contribution in [0.1, 0.15) is 5.56 Å². The third kappa shape index (κ3) is 9.09. The summed E-state index contributed by atoms with van der Waals surface area (Å²) >= 11 is 0. The number of hydrogen-bond acceptors (Lipinski definition) is 10. The van der Waals surface area contributed by atoms with Crippen molar-refractivity contribution < 1.29 is 25.3 Å². The van der Waals surface area contributed by atoms with Crippen molar-refractivity contribution in [1.29, 1.82) is 0 Å². The molecule has 9 rings (SSSR count). The van der Waals surface area contributed by atoms with Gasteiger partial charge in [0.2, 0.25) is 30.1 Å². The number of anilines is 2. The van der Waals surface area contributed by atoms with Gasteiger partial charge in [-0.05, 0) is 65.2 Å². The van der Waals surface area contributed by atoms with E-state index in [-0.39, 0.29) is 40.9 Å². The van der Waals surface area contributed by atoms with Gasteiger partial charge in [-0.3, -0.25) is 4.90 Å². The van der Waals surface area contributed by atoms with E-state index in [9.17, 15) is 16.8 Å². The predicted octanol–water partition coefficient (Wildman–Crippen LogP) is 5.94. The quantitative estimate of drug-likeness (QED) is 0.145. The van der Waals surface area contributed by atoms with Gasteiger partial charge in [0.05, 0.1) is 14.7 Å². The Kier molecular flexibility index (Phi) is 12.7. The molecule has 3 fully saturated rings. The van der Waals surface area contributed by atoms with Crippen molar-refractivity contribution in [2.75, 3.05) is 88.3 Å². The molecule has 16 heteroatoms.